The van der Waals surface area contributed by atoms with Gasteiger partial charge in [-0.25, -0.2) is 24.7 Å². The van der Waals surface area contributed by atoms with E-state index in [0.717, 1.165) is 64.5 Å². The lowest BCUT2D eigenvalue weighted by atomic mass is 9.85. The molecule has 1 aliphatic heterocycles. The zero-order valence-corrected chi connectivity index (χ0v) is 26.5. The van der Waals surface area contributed by atoms with Crippen LogP contribution >= 0.6 is 0 Å². The molecule has 3 aromatic heterocycles. The van der Waals surface area contributed by atoms with Crippen LogP contribution in [0.2, 0.25) is 0 Å². The van der Waals surface area contributed by atoms with Crippen LogP contribution in [0.5, 0.6) is 5.75 Å². The molecule has 7 rings (SSSR count). The SMILES string of the molecule is CC[C@H]1CCc2c(nc(C)nc2N2CCOc3ccc(-c4cnc5nc([C@H](C)N(Cc6ccccc6)C(=O)O)[nH]c5c4)cc3C2)C1. The van der Waals surface area contributed by atoms with Crippen molar-refractivity contribution in [1.82, 2.24) is 29.8 Å². The van der Waals surface area contributed by atoms with Crippen LogP contribution in [0.3, 0.4) is 0 Å². The van der Waals surface area contributed by atoms with Gasteiger partial charge >= 0.3 is 6.09 Å². The number of nitrogens with zero attached hydrogens (tertiary/aromatic N) is 6. The Kier molecular flexibility index (Phi) is 8.02. The number of benzene rings is 2. The molecule has 46 heavy (non-hydrogen) atoms. The minimum absolute atomic E-state index is 0.262. The first-order valence-electron chi connectivity index (χ1n) is 16.1. The normalized spacial score (nSPS) is 16.7. The highest BCUT2D eigenvalue weighted by molar-refractivity contribution is 5.79. The second-order valence-corrected chi connectivity index (χ2v) is 12.4. The van der Waals surface area contributed by atoms with Crippen LogP contribution in [-0.4, -0.2) is 54.2 Å². The number of H-pyrrole nitrogens is 1. The van der Waals surface area contributed by atoms with Crippen molar-refractivity contribution in [3.8, 4) is 16.9 Å². The van der Waals surface area contributed by atoms with E-state index in [-0.39, 0.29) is 6.54 Å². The molecule has 0 radical (unpaired) electrons. The molecule has 2 atom stereocenters. The van der Waals surface area contributed by atoms with E-state index in [1.165, 1.54) is 29.0 Å². The summed E-state index contributed by atoms with van der Waals surface area (Å²) in [6.07, 6.45) is 5.22. The number of pyridine rings is 1. The minimum Gasteiger partial charge on any atom is -0.491 e. The zero-order valence-electron chi connectivity index (χ0n) is 26.5. The molecular formula is C36H39N7O3. The van der Waals surface area contributed by atoms with Gasteiger partial charge in [-0.3, -0.25) is 4.90 Å². The fourth-order valence-corrected chi connectivity index (χ4v) is 6.72. The van der Waals surface area contributed by atoms with Crippen molar-refractivity contribution < 1.29 is 14.6 Å². The molecule has 10 nitrogen and oxygen atoms in total. The van der Waals surface area contributed by atoms with E-state index >= 15 is 0 Å². The predicted molar refractivity (Wildman–Crippen MR) is 177 cm³/mol. The molecule has 0 saturated carbocycles. The number of ether oxygens (including phenoxy) is 1. The van der Waals surface area contributed by atoms with Gasteiger partial charge in [0.1, 0.15) is 29.8 Å². The van der Waals surface area contributed by atoms with Crippen LogP contribution < -0.4 is 9.64 Å². The quantitative estimate of drug-likeness (QED) is 0.203. The van der Waals surface area contributed by atoms with Gasteiger partial charge < -0.3 is 19.7 Å². The summed E-state index contributed by atoms with van der Waals surface area (Å²) in [7, 11) is 0. The molecule has 5 aromatic rings. The number of hydrogen-bond donors (Lipinski definition) is 2. The van der Waals surface area contributed by atoms with Crippen molar-refractivity contribution in [2.75, 3.05) is 18.1 Å². The van der Waals surface area contributed by atoms with Crippen molar-refractivity contribution >= 4 is 23.1 Å². The number of fused-ring (bicyclic) bond motifs is 3. The number of rotatable bonds is 7. The molecule has 1 amide bonds. The second kappa shape index (κ2) is 12.4. The Balaban J connectivity index is 1.15. The molecule has 4 heterocycles. The van der Waals surface area contributed by atoms with Crippen molar-refractivity contribution in [2.24, 2.45) is 5.92 Å². The summed E-state index contributed by atoms with van der Waals surface area (Å²) in [5.74, 6) is 4.00. The lowest BCUT2D eigenvalue weighted by Gasteiger charge is -2.29. The Morgan fingerprint density at radius 1 is 1.13 bits per heavy atom. The first-order valence-corrected chi connectivity index (χ1v) is 16.1. The third-order valence-electron chi connectivity index (χ3n) is 9.38. The Bertz CT molecular complexity index is 1890. The topological polar surface area (TPSA) is 120 Å². The average molecular weight is 618 g/mol. The number of carboxylic acid groups (broad SMARTS) is 1. The van der Waals surface area contributed by atoms with E-state index in [1.807, 2.05) is 62.5 Å². The molecule has 0 spiro atoms. The summed E-state index contributed by atoms with van der Waals surface area (Å²) in [4.78, 5) is 38.4. The number of carbonyl (C=O) groups is 1. The zero-order chi connectivity index (χ0) is 31.8. The van der Waals surface area contributed by atoms with Gasteiger partial charge in [-0.05, 0) is 68.4 Å². The van der Waals surface area contributed by atoms with Crippen LogP contribution in [0.15, 0.2) is 60.8 Å². The monoisotopic (exact) mass is 617 g/mol. The maximum absolute atomic E-state index is 12.2. The standard InChI is InChI=1S/C36H39N7O3/c1-4-24-10-12-29-30(16-24)38-23(3)39-35(29)42-14-15-46-32-13-11-26(17-28(32)21-42)27-18-31-34(37-19-27)41-33(40-31)22(2)43(36(44)45)20-25-8-6-5-7-9-25/h5-9,11,13,17-19,22,24H,4,10,12,14-16,20-21H2,1-3H3,(H,44,45)(H,37,40,41)/t22-,24-/m0/s1. The van der Waals surface area contributed by atoms with Crippen molar-refractivity contribution in [3.05, 3.63) is 94.8 Å². The van der Waals surface area contributed by atoms with Crippen molar-refractivity contribution in [3.63, 3.8) is 0 Å². The first kappa shape index (κ1) is 29.7. The Morgan fingerprint density at radius 3 is 2.78 bits per heavy atom. The fraction of sp³-hybridized carbons (Fsp3) is 0.361. The number of imidazole rings is 1. The summed E-state index contributed by atoms with van der Waals surface area (Å²) in [5, 5.41) is 9.98. The van der Waals surface area contributed by atoms with Crippen LogP contribution in [0.4, 0.5) is 10.6 Å². The molecular weight excluding hydrogens is 578 g/mol. The number of anilines is 1. The van der Waals surface area contributed by atoms with Gasteiger partial charge in [-0.2, -0.15) is 0 Å². The molecule has 236 valence electrons. The third-order valence-corrected chi connectivity index (χ3v) is 9.38. The molecule has 2 aromatic carbocycles. The Hall–Kier alpha value is -4.99. The summed E-state index contributed by atoms with van der Waals surface area (Å²) in [6, 6.07) is 17.4. The summed E-state index contributed by atoms with van der Waals surface area (Å²) in [5.41, 5.74) is 7.77. The summed E-state index contributed by atoms with van der Waals surface area (Å²) >= 11 is 0. The predicted octanol–water partition coefficient (Wildman–Crippen LogP) is 6.88. The van der Waals surface area contributed by atoms with Gasteiger partial charge in [0.25, 0.3) is 0 Å². The number of aromatic nitrogens is 5. The number of amides is 1. The summed E-state index contributed by atoms with van der Waals surface area (Å²) < 4.78 is 6.21. The van der Waals surface area contributed by atoms with E-state index < -0.39 is 12.1 Å². The van der Waals surface area contributed by atoms with Crippen molar-refractivity contribution in [1.29, 1.82) is 0 Å². The van der Waals surface area contributed by atoms with Gasteiger partial charge in [0.05, 0.1) is 18.1 Å². The Labute approximate surface area is 268 Å². The first-order chi connectivity index (χ1) is 22.4. The van der Waals surface area contributed by atoms with Gasteiger partial charge in [0.15, 0.2) is 5.65 Å². The van der Waals surface area contributed by atoms with Crippen molar-refractivity contribution in [2.45, 2.75) is 65.6 Å². The number of hydrogen-bond acceptors (Lipinski definition) is 7. The molecule has 2 aliphatic rings. The largest absolute Gasteiger partial charge is 0.491 e. The van der Waals surface area contributed by atoms with Gasteiger partial charge in [-0.1, -0.05) is 49.7 Å². The van der Waals surface area contributed by atoms with Gasteiger partial charge in [-0.15, -0.1) is 0 Å². The maximum atomic E-state index is 12.2. The average Bonchev–Trinajstić information content (AvgIpc) is 3.38. The highest BCUT2D eigenvalue weighted by Gasteiger charge is 2.27. The maximum Gasteiger partial charge on any atom is 0.408 e. The van der Waals surface area contributed by atoms with E-state index in [4.69, 9.17) is 14.7 Å². The number of aryl methyl sites for hydroxylation is 1. The smallest absolute Gasteiger partial charge is 0.408 e. The van der Waals surface area contributed by atoms with Gasteiger partial charge in [0, 0.05) is 41.7 Å². The molecule has 0 bridgehead atoms. The van der Waals surface area contributed by atoms with E-state index in [9.17, 15) is 9.90 Å². The van der Waals surface area contributed by atoms with E-state index in [2.05, 4.69) is 38.9 Å². The molecule has 1 aliphatic carbocycles. The third kappa shape index (κ3) is 5.87. The summed E-state index contributed by atoms with van der Waals surface area (Å²) in [6.45, 7) is 8.39. The Morgan fingerprint density at radius 2 is 1.98 bits per heavy atom. The molecule has 10 heteroatoms. The lowest BCUT2D eigenvalue weighted by molar-refractivity contribution is 0.122. The van der Waals surface area contributed by atoms with E-state index in [0.29, 0.717) is 30.5 Å². The minimum atomic E-state index is -1.01. The number of nitrogens with one attached hydrogen (secondary N) is 1. The lowest BCUT2D eigenvalue weighted by Crippen LogP contribution is -2.32. The molecule has 2 N–H and O–H groups in total. The highest BCUT2D eigenvalue weighted by atomic mass is 16.5. The molecule has 0 fully saturated rings. The van der Waals surface area contributed by atoms with E-state index in [1.54, 1.807) is 0 Å². The fourth-order valence-electron chi connectivity index (χ4n) is 6.72. The van der Waals surface area contributed by atoms with Gasteiger partial charge in [0.2, 0.25) is 0 Å². The highest BCUT2D eigenvalue weighted by Crippen LogP contribution is 2.36. The molecule has 0 saturated heterocycles. The second-order valence-electron chi connectivity index (χ2n) is 12.4. The van der Waals surface area contributed by atoms with Crippen LogP contribution in [-0.2, 0) is 25.9 Å². The van der Waals surface area contributed by atoms with Crippen LogP contribution in [0.1, 0.15) is 66.8 Å². The molecule has 0 unspecified atom stereocenters. The van der Waals surface area contributed by atoms with Crippen LogP contribution in [0, 0.1) is 12.8 Å². The number of aromatic amines is 1. The van der Waals surface area contributed by atoms with Crippen LogP contribution in [0.25, 0.3) is 22.3 Å².